The molecule has 2 heterocycles. The van der Waals surface area contributed by atoms with E-state index >= 15 is 0 Å². The van der Waals surface area contributed by atoms with E-state index in [1.54, 1.807) is 0 Å². The second-order valence-electron chi connectivity index (χ2n) is 6.72. The van der Waals surface area contributed by atoms with Crippen LogP contribution in [0.25, 0.3) is 22.2 Å². The second kappa shape index (κ2) is 6.98. The summed E-state index contributed by atoms with van der Waals surface area (Å²) >= 11 is 0. The number of aromatic nitrogens is 2. The van der Waals surface area contributed by atoms with E-state index in [0.717, 1.165) is 38.4 Å². The van der Waals surface area contributed by atoms with E-state index in [1.807, 2.05) is 0 Å². The lowest BCUT2D eigenvalue weighted by Crippen LogP contribution is -2.41. The smallest absolute Gasteiger partial charge is 0.104 e. The molecular formula is C21H25N3O. The number of nitrogens with zero attached hydrogens (tertiary/aromatic N) is 3. The lowest BCUT2D eigenvalue weighted by molar-refractivity contribution is -0.00480. The Kier molecular flexibility index (Phi) is 4.55. The summed E-state index contributed by atoms with van der Waals surface area (Å²) in [5.74, 6) is 0. The summed E-state index contributed by atoms with van der Waals surface area (Å²) in [7, 11) is 0. The number of benzene rings is 2. The fourth-order valence-electron chi connectivity index (χ4n) is 3.75. The van der Waals surface area contributed by atoms with Crippen molar-refractivity contribution in [3.8, 4) is 11.3 Å². The molecule has 1 unspecified atom stereocenters. The van der Waals surface area contributed by atoms with Crippen molar-refractivity contribution < 1.29 is 4.74 Å². The Morgan fingerprint density at radius 3 is 2.56 bits per heavy atom. The zero-order valence-electron chi connectivity index (χ0n) is 15.0. The maximum atomic E-state index is 5.54. The fourth-order valence-corrected chi connectivity index (χ4v) is 3.75. The zero-order valence-corrected chi connectivity index (χ0v) is 15.0. The van der Waals surface area contributed by atoms with Gasteiger partial charge in [0.25, 0.3) is 0 Å². The first kappa shape index (κ1) is 16.3. The van der Waals surface area contributed by atoms with Crippen LogP contribution in [-0.2, 0) is 4.74 Å². The molecule has 0 bridgehead atoms. The van der Waals surface area contributed by atoms with Gasteiger partial charge in [-0.2, -0.15) is 5.10 Å². The van der Waals surface area contributed by atoms with E-state index in [9.17, 15) is 0 Å². The van der Waals surface area contributed by atoms with Gasteiger partial charge in [0.2, 0.25) is 0 Å². The molecule has 0 saturated carbocycles. The lowest BCUT2D eigenvalue weighted by atomic mass is 10.1. The molecule has 0 amide bonds. The molecule has 0 radical (unpaired) electrons. The zero-order chi connectivity index (χ0) is 17.2. The Labute approximate surface area is 149 Å². The molecule has 2 aromatic carbocycles. The molecule has 0 aliphatic carbocycles. The van der Waals surface area contributed by atoms with E-state index in [1.165, 1.54) is 22.0 Å². The van der Waals surface area contributed by atoms with Gasteiger partial charge in [-0.05, 0) is 25.5 Å². The van der Waals surface area contributed by atoms with Crippen LogP contribution in [0.1, 0.15) is 25.1 Å². The van der Waals surface area contributed by atoms with Crippen LogP contribution in [-0.4, -0.2) is 41.0 Å². The summed E-state index contributed by atoms with van der Waals surface area (Å²) < 4.78 is 7.76. The molecule has 1 aliphatic rings. The number of hydrogen-bond acceptors (Lipinski definition) is 3. The molecule has 1 aromatic heterocycles. The third-order valence-corrected chi connectivity index (χ3v) is 5.02. The number of aryl methyl sites for hydroxylation is 1. The molecule has 4 nitrogen and oxygen atoms in total. The third kappa shape index (κ3) is 3.08. The number of hydrogen-bond donors (Lipinski definition) is 0. The maximum absolute atomic E-state index is 5.54. The van der Waals surface area contributed by atoms with Gasteiger partial charge in [0.05, 0.1) is 18.7 Å². The minimum Gasteiger partial charge on any atom is -0.379 e. The molecule has 0 spiro atoms. The van der Waals surface area contributed by atoms with Gasteiger partial charge in [0.1, 0.15) is 11.9 Å². The summed E-state index contributed by atoms with van der Waals surface area (Å²) in [6.45, 7) is 7.92. The summed E-state index contributed by atoms with van der Waals surface area (Å²) in [6, 6.07) is 17.1. The van der Waals surface area contributed by atoms with E-state index < -0.39 is 0 Å². The van der Waals surface area contributed by atoms with Crippen LogP contribution >= 0.6 is 0 Å². The van der Waals surface area contributed by atoms with Crippen molar-refractivity contribution in [3.05, 3.63) is 54.1 Å². The van der Waals surface area contributed by atoms with Gasteiger partial charge in [0, 0.05) is 24.0 Å². The van der Waals surface area contributed by atoms with Gasteiger partial charge >= 0.3 is 0 Å². The van der Waals surface area contributed by atoms with Crippen LogP contribution in [0.2, 0.25) is 0 Å². The van der Waals surface area contributed by atoms with Gasteiger partial charge < -0.3 is 4.74 Å². The van der Waals surface area contributed by atoms with Crippen LogP contribution in [0.3, 0.4) is 0 Å². The van der Waals surface area contributed by atoms with Crippen molar-refractivity contribution in [1.82, 2.24) is 14.7 Å². The van der Waals surface area contributed by atoms with E-state index in [0.29, 0.717) is 0 Å². The number of ether oxygens (including phenoxy) is 1. The highest BCUT2D eigenvalue weighted by atomic mass is 16.5. The monoisotopic (exact) mass is 335 g/mol. The molecule has 25 heavy (non-hydrogen) atoms. The average molecular weight is 335 g/mol. The molecule has 3 aromatic rings. The first-order valence-electron chi connectivity index (χ1n) is 9.14. The Balaban J connectivity index is 1.86. The molecule has 130 valence electrons. The summed E-state index contributed by atoms with van der Waals surface area (Å²) in [6.07, 6.45) is 1.30. The molecule has 1 fully saturated rings. The van der Waals surface area contributed by atoms with Crippen molar-refractivity contribution in [3.63, 3.8) is 0 Å². The van der Waals surface area contributed by atoms with E-state index in [4.69, 9.17) is 9.84 Å². The van der Waals surface area contributed by atoms with Crippen molar-refractivity contribution in [2.75, 3.05) is 26.3 Å². The van der Waals surface area contributed by atoms with Crippen LogP contribution in [0.4, 0.5) is 0 Å². The topological polar surface area (TPSA) is 30.3 Å². The van der Waals surface area contributed by atoms with Crippen LogP contribution in [0.15, 0.2) is 48.5 Å². The highest BCUT2D eigenvalue weighted by Gasteiger charge is 2.24. The minimum atomic E-state index is 0.270. The quantitative estimate of drug-likeness (QED) is 0.714. The van der Waals surface area contributed by atoms with Gasteiger partial charge in [-0.15, -0.1) is 0 Å². The Hall–Kier alpha value is -2.17. The van der Waals surface area contributed by atoms with Crippen molar-refractivity contribution in [1.29, 1.82) is 0 Å². The standard InChI is InChI=1S/C21H25N3O/c1-3-20(23-11-13-25-14-12-23)24-19-10-9-16(2)15-18(19)21(22-24)17-7-5-4-6-8-17/h4-10,15,20H,3,11-14H2,1-2H3. The molecule has 0 N–H and O–H groups in total. The van der Waals surface area contributed by atoms with Crippen LogP contribution in [0, 0.1) is 6.92 Å². The van der Waals surface area contributed by atoms with Gasteiger partial charge in [-0.3, -0.25) is 4.90 Å². The molecule has 4 heteroatoms. The normalized spacial score (nSPS) is 17.0. The SMILES string of the molecule is CCC(N1CCOCC1)n1nc(-c2ccccc2)c2cc(C)ccc21. The summed E-state index contributed by atoms with van der Waals surface area (Å²) in [5, 5.41) is 6.32. The molecule has 4 rings (SSSR count). The fraction of sp³-hybridized carbons (Fsp3) is 0.381. The summed E-state index contributed by atoms with van der Waals surface area (Å²) in [4.78, 5) is 2.49. The lowest BCUT2D eigenvalue weighted by Gasteiger charge is -2.34. The van der Waals surface area contributed by atoms with Gasteiger partial charge in [0.15, 0.2) is 0 Å². The average Bonchev–Trinajstić information content (AvgIpc) is 3.02. The third-order valence-electron chi connectivity index (χ3n) is 5.02. The van der Waals surface area contributed by atoms with E-state index in [2.05, 4.69) is 72.0 Å². The highest BCUT2D eigenvalue weighted by Crippen LogP contribution is 2.32. The molecule has 1 aliphatic heterocycles. The first-order chi connectivity index (χ1) is 12.3. The highest BCUT2D eigenvalue weighted by molar-refractivity contribution is 5.93. The maximum Gasteiger partial charge on any atom is 0.104 e. The summed E-state index contributed by atoms with van der Waals surface area (Å²) in [5.41, 5.74) is 4.73. The Bertz CT molecular complexity index is 850. The van der Waals surface area contributed by atoms with Crippen molar-refractivity contribution in [2.24, 2.45) is 0 Å². The second-order valence-corrected chi connectivity index (χ2v) is 6.72. The number of morpholine rings is 1. The minimum absolute atomic E-state index is 0.270. The molecular weight excluding hydrogens is 310 g/mol. The predicted molar refractivity (Wildman–Crippen MR) is 102 cm³/mol. The number of fused-ring (bicyclic) bond motifs is 1. The van der Waals surface area contributed by atoms with Gasteiger partial charge in [-0.25, -0.2) is 4.68 Å². The van der Waals surface area contributed by atoms with Crippen LogP contribution < -0.4 is 0 Å². The van der Waals surface area contributed by atoms with Crippen LogP contribution in [0.5, 0.6) is 0 Å². The predicted octanol–water partition coefficient (Wildman–Crippen LogP) is 4.25. The van der Waals surface area contributed by atoms with Gasteiger partial charge in [-0.1, -0.05) is 48.9 Å². The largest absolute Gasteiger partial charge is 0.379 e. The molecule has 1 saturated heterocycles. The first-order valence-corrected chi connectivity index (χ1v) is 9.14. The number of rotatable bonds is 4. The van der Waals surface area contributed by atoms with Crippen molar-refractivity contribution >= 4 is 10.9 Å². The Morgan fingerprint density at radius 1 is 1.08 bits per heavy atom. The molecule has 1 atom stereocenters. The van der Waals surface area contributed by atoms with E-state index in [-0.39, 0.29) is 6.17 Å². The van der Waals surface area contributed by atoms with Crippen molar-refractivity contribution in [2.45, 2.75) is 26.4 Å². The Morgan fingerprint density at radius 2 is 1.84 bits per heavy atom.